The van der Waals surface area contributed by atoms with Gasteiger partial charge in [0.25, 0.3) is 0 Å². The summed E-state index contributed by atoms with van der Waals surface area (Å²) in [6, 6.07) is 0.159. The van der Waals surface area contributed by atoms with Crippen LogP contribution in [0.25, 0.3) is 0 Å². The molecule has 2 unspecified atom stereocenters. The van der Waals surface area contributed by atoms with Crippen LogP contribution in [0.5, 0.6) is 0 Å². The first-order chi connectivity index (χ1) is 9.04. The first-order valence-corrected chi connectivity index (χ1v) is 7.81. The van der Waals surface area contributed by atoms with Crippen molar-refractivity contribution in [3.05, 3.63) is 0 Å². The van der Waals surface area contributed by atoms with Crippen molar-refractivity contribution in [1.29, 1.82) is 0 Å². The Labute approximate surface area is 118 Å². The molecule has 112 valence electrons. The van der Waals surface area contributed by atoms with Crippen LogP contribution in [0.4, 0.5) is 4.79 Å². The lowest BCUT2D eigenvalue weighted by atomic mass is 9.75. The molecule has 0 heterocycles. The van der Waals surface area contributed by atoms with E-state index in [0.29, 0.717) is 12.5 Å². The van der Waals surface area contributed by atoms with E-state index in [1.807, 2.05) is 23.6 Å². The standard InChI is InChI=1S/C15H31N3O/c1-5-17(6-2)14(19)18(7-3)15(12-16)10-8-9-13(4)11-15/h13H,5-12,16H2,1-4H3. The Morgan fingerprint density at radius 1 is 1.26 bits per heavy atom. The minimum absolute atomic E-state index is 0.119. The monoisotopic (exact) mass is 269 g/mol. The largest absolute Gasteiger partial charge is 0.328 e. The van der Waals surface area contributed by atoms with Gasteiger partial charge in [0.1, 0.15) is 0 Å². The summed E-state index contributed by atoms with van der Waals surface area (Å²) in [6.45, 7) is 11.3. The molecule has 4 heteroatoms. The van der Waals surface area contributed by atoms with Gasteiger partial charge in [0.2, 0.25) is 0 Å². The third kappa shape index (κ3) is 3.41. The fraction of sp³-hybridized carbons (Fsp3) is 0.933. The summed E-state index contributed by atoms with van der Waals surface area (Å²) < 4.78 is 0. The lowest BCUT2D eigenvalue weighted by Gasteiger charge is -2.48. The molecule has 0 aromatic carbocycles. The topological polar surface area (TPSA) is 49.6 Å². The van der Waals surface area contributed by atoms with Crippen LogP contribution in [0, 0.1) is 5.92 Å². The summed E-state index contributed by atoms with van der Waals surface area (Å²) in [5.74, 6) is 0.663. The molecule has 1 fully saturated rings. The van der Waals surface area contributed by atoms with Gasteiger partial charge in [-0.15, -0.1) is 0 Å². The van der Waals surface area contributed by atoms with Crippen LogP contribution in [0.2, 0.25) is 0 Å². The zero-order valence-corrected chi connectivity index (χ0v) is 13.1. The van der Waals surface area contributed by atoms with Crippen molar-refractivity contribution in [2.75, 3.05) is 26.2 Å². The van der Waals surface area contributed by atoms with E-state index in [9.17, 15) is 4.79 Å². The third-order valence-corrected chi connectivity index (χ3v) is 4.60. The van der Waals surface area contributed by atoms with Crippen LogP contribution in [0.15, 0.2) is 0 Å². The highest BCUT2D eigenvalue weighted by atomic mass is 16.2. The number of carbonyl (C=O) groups excluding carboxylic acids is 1. The number of nitrogens with zero attached hydrogens (tertiary/aromatic N) is 2. The molecule has 1 aliphatic rings. The summed E-state index contributed by atoms with van der Waals surface area (Å²) in [7, 11) is 0. The summed E-state index contributed by atoms with van der Waals surface area (Å²) >= 11 is 0. The zero-order chi connectivity index (χ0) is 14.5. The first kappa shape index (κ1) is 16.3. The van der Waals surface area contributed by atoms with Crippen molar-refractivity contribution >= 4 is 6.03 Å². The fourth-order valence-corrected chi connectivity index (χ4v) is 3.51. The molecular formula is C15H31N3O. The number of nitrogens with two attached hydrogens (primary N) is 1. The van der Waals surface area contributed by atoms with Crippen molar-refractivity contribution in [1.82, 2.24) is 9.80 Å². The second-order valence-corrected chi connectivity index (χ2v) is 5.83. The van der Waals surface area contributed by atoms with Crippen LogP contribution >= 0.6 is 0 Å². The Morgan fingerprint density at radius 2 is 1.89 bits per heavy atom. The van der Waals surface area contributed by atoms with Crippen LogP contribution in [0.1, 0.15) is 53.4 Å². The molecule has 2 atom stereocenters. The summed E-state index contributed by atoms with van der Waals surface area (Å²) in [5.41, 5.74) is 5.97. The highest BCUT2D eigenvalue weighted by Gasteiger charge is 2.41. The molecule has 2 amide bonds. The smallest absolute Gasteiger partial charge is 0.320 e. The predicted octanol–water partition coefficient (Wildman–Crippen LogP) is 2.68. The Morgan fingerprint density at radius 3 is 2.32 bits per heavy atom. The fourth-order valence-electron chi connectivity index (χ4n) is 3.51. The van der Waals surface area contributed by atoms with E-state index < -0.39 is 0 Å². The molecule has 0 aromatic rings. The highest BCUT2D eigenvalue weighted by molar-refractivity contribution is 5.75. The van der Waals surface area contributed by atoms with Crippen molar-refractivity contribution in [3.8, 4) is 0 Å². The molecule has 0 radical (unpaired) electrons. The van der Waals surface area contributed by atoms with E-state index in [2.05, 4.69) is 13.8 Å². The van der Waals surface area contributed by atoms with E-state index in [1.54, 1.807) is 0 Å². The number of rotatable bonds is 5. The lowest BCUT2D eigenvalue weighted by molar-refractivity contribution is 0.0527. The number of amides is 2. The number of carbonyl (C=O) groups is 1. The summed E-state index contributed by atoms with van der Waals surface area (Å²) in [4.78, 5) is 16.6. The molecule has 0 saturated heterocycles. The second kappa shape index (κ2) is 7.13. The minimum Gasteiger partial charge on any atom is -0.328 e. The number of urea groups is 1. The number of hydrogen-bond donors (Lipinski definition) is 1. The molecule has 19 heavy (non-hydrogen) atoms. The van der Waals surface area contributed by atoms with Gasteiger partial charge in [-0.3, -0.25) is 0 Å². The molecule has 1 aliphatic carbocycles. The Kier molecular flexibility index (Phi) is 6.11. The average molecular weight is 269 g/mol. The van der Waals surface area contributed by atoms with Gasteiger partial charge in [-0.25, -0.2) is 4.79 Å². The van der Waals surface area contributed by atoms with Gasteiger partial charge in [-0.2, -0.15) is 0 Å². The molecule has 0 spiro atoms. The van der Waals surface area contributed by atoms with Gasteiger partial charge < -0.3 is 15.5 Å². The van der Waals surface area contributed by atoms with Gasteiger partial charge >= 0.3 is 6.03 Å². The summed E-state index contributed by atoms with van der Waals surface area (Å²) in [6.07, 6.45) is 4.54. The van der Waals surface area contributed by atoms with Crippen molar-refractivity contribution < 1.29 is 4.79 Å². The first-order valence-electron chi connectivity index (χ1n) is 7.81. The molecule has 1 saturated carbocycles. The van der Waals surface area contributed by atoms with E-state index in [-0.39, 0.29) is 11.6 Å². The summed E-state index contributed by atoms with van der Waals surface area (Å²) in [5, 5.41) is 0. The molecule has 0 aromatic heterocycles. The molecule has 4 nitrogen and oxygen atoms in total. The van der Waals surface area contributed by atoms with Crippen LogP contribution in [-0.4, -0.2) is 47.5 Å². The van der Waals surface area contributed by atoms with Gasteiger partial charge in [-0.1, -0.05) is 19.8 Å². The Hall–Kier alpha value is -0.770. The average Bonchev–Trinajstić information content (AvgIpc) is 2.41. The lowest BCUT2D eigenvalue weighted by Crippen LogP contribution is -2.61. The molecule has 0 aliphatic heterocycles. The maximum Gasteiger partial charge on any atom is 0.320 e. The van der Waals surface area contributed by atoms with E-state index in [0.717, 1.165) is 32.5 Å². The molecule has 0 bridgehead atoms. The Bertz CT molecular complexity index is 291. The van der Waals surface area contributed by atoms with Crippen LogP contribution in [0.3, 0.4) is 0 Å². The highest BCUT2D eigenvalue weighted by Crippen LogP contribution is 2.36. The quantitative estimate of drug-likeness (QED) is 0.834. The van der Waals surface area contributed by atoms with E-state index >= 15 is 0 Å². The van der Waals surface area contributed by atoms with Crippen molar-refractivity contribution in [2.45, 2.75) is 58.9 Å². The van der Waals surface area contributed by atoms with Crippen molar-refractivity contribution in [2.24, 2.45) is 11.7 Å². The normalized spacial score (nSPS) is 27.1. The molecule has 2 N–H and O–H groups in total. The van der Waals surface area contributed by atoms with Gasteiger partial charge in [0, 0.05) is 26.2 Å². The zero-order valence-electron chi connectivity index (χ0n) is 13.1. The third-order valence-electron chi connectivity index (χ3n) is 4.60. The van der Waals surface area contributed by atoms with E-state index in [1.165, 1.54) is 12.8 Å². The maximum absolute atomic E-state index is 12.7. The molecular weight excluding hydrogens is 238 g/mol. The number of likely N-dealkylation sites (N-methyl/N-ethyl adjacent to an activating group) is 1. The predicted molar refractivity (Wildman–Crippen MR) is 80.1 cm³/mol. The maximum atomic E-state index is 12.7. The SMILES string of the molecule is CCN(CC)C(=O)N(CC)C1(CN)CCCC(C)C1. The second-order valence-electron chi connectivity index (χ2n) is 5.83. The van der Waals surface area contributed by atoms with Crippen LogP contribution < -0.4 is 5.73 Å². The van der Waals surface area contributed by atoms with Gasteiger partial charge in [0.15, 0.2) is 0 Å². The van der Waals surface area contributed by atoms with Gasteiger partial charge in [-0.05, 0) is 39.5 Å². The van der Waals surface area contributed by atoms with Crippen molar-refractivity contribution in [3.63, 3.8) is 0 Å². The number of hydrogen-bond acceptors (Lipinski definition) is 2. The van der Waals surface area contributed by atoms with Gasteiger partial charge in [0.05, 0.1) is 5.54 Å². The minimum atomic E-state index is -0.119. The van der Waals surface area contributed by atoms with Crippen LogP contribution in [-0.2, 0) is 0 Å². The van der Waals surface area contributed by atoms with E-state index in [4.69, 9.17) is 5.73 Å². The molecule has 1 rings (SSSR count). The Balaban J connectivity index is 2.94.